The smallest absolute Gasteiger partial charge is 0.333 e. The number of rotatable bonds is 8. The van der Waals surface area contributed by atoms with Crippen LogP contribution in [0.3, 0.4) is 0 Å². The summed E-state index contributed by atoms with van der Waals surface area (Å²) in [6.45, 7) is 1.42. The number of hydrogen-bond donors (Lipinski definition) is 2. The van der Waals surface area contributed by atoms with Gasteiger partial charge in [0.05, 0.1) is 20.6 Å². The van der Waals surface area contributed by atoms with E-state index in [2.05, 4.69) is 10.6 Å². The summed E-state index contributed by atoms with van der Waals surface area (Å²) in [5.74, 6) is -3.08. The van der Waals surface area contributed by atoms with Crippen molar-refractivity contribution in [1.82, 2.24) is 10.6 Å². The molecular weight excluding hydrogens is 398 g/mol. The molecular formula is C21H22F2N2O5. The number of nitrogens with one attached hydrogen (secondary N) is 2. The lowest BCUT2D eigenvalue weighted by molar-refractivity contribution is -0.145. The zero-order valence-electron chi connectivity index (χ0n) is 16.7. The number of hydrogen-bond acceptors (Lipinski definition) is 5. The fraction of sp³-hybridized carbons (Fsp3) is 0.286. The van der Waals surface area contributed by atoms with Crippen LogP contribution in [0.1, 0.15) is 24.1 Å². The standard InChI is InChI=1S/C21H22F2N2O5/c1-12(24-18(26)9-13-7-15(22)11-16(23)8-13)20(27)25-19(21(28)30-3)14-5-4-6-17(10-14)29-2/h4-8,10-12,19H,9H2,1-3H3,(H,24,26)(H,25,27)/t12-,19?/m0/s1. The summed E-state index contributed by atoms with van der Waals surface area (Å²) in [6, 6.07) is 7.14. The van der Waals surface area contributed by atoms with E-state index in [-0.39, 0.29) is 12.0 Å². The summed E-state index contributed by atoms with van der Waals surface area (Å²) in [5.41, 5.74) is 0.560. The predicted octanol–water partition coefficient (Wildman–Crippen LogP) is 2.05. The maximum Gasteiger partial charge on any atom is 0.333 e. The summed E-state index contributed by atoms with van der Waals surface area (Å²) in [5, 5.41) is 4.95. The zero-order chi connectivity index (χ0) is 22.3. The normalized spacial score (nSPS) is 12.4. The predicted molar refractivity (Wildman–Crippen MR) is 104 cm³/mol. The molecule has 0 saturated carbocycles. The van der Waals surface area contributed by atoms with E-state index in [1.54, 1.807) is 24.3 Å². The lowest BCUT2D eigenvalue weighted by Crippen LogP contribution is -2.47. The Morgan fingerprint density at radius 3 is 2.27 bits per heavy atom. The fourth-order valence-electron chi connectivity index (χ4n) is 2.74. The van der Waals surface area contributed by atoms with Crippen LogP contribution in [0.2, 0.25) is 0 Å². The molecule has 1 unspecified atom stereocenters. The number of carbonyl (C=O) groups is 3. The van der Waals surface area contributed by atoms with Crippen molar-refractivity contribution >= 4 is 17.8 Å². The van der Waals surface area contributed by atoms with E-state index in [1.807, 2.05) is 0 Å². The minimum Gasteiger partial charge on any atom is -0.497 e. The first kappa shape index (κ1) is 22.8. The lowest BCUT2D eigenvalue weighted by atomic mass is 10.1. The van der Waals surface area contributed by atoms with Gasteiger partial charge in [0.25, 0.3) is 0 Å². The van der Waals surface area contributed by atoms with Crippen LogP contribution in [0.4, 0.5) is 8.78 Å². The van der Waals surface area contributed by atoms with Gasteiger partial charge >= 0.3 is 5.97 Å². The molecule has 160 valence electrons. The highest BCUT2D eigenvalue weighted by molar-refractivity contribution is 5.91. The summed E-state index contributed by atoms with van der Waals surface area (Å²) in [6.07, 6.45) is -0.317. The fourth-order valence-corrected chi connectivity index (χ4v) is 2.74. The molecule has 2 atom stereocenters. The van der Waals surface area contributed by atoms with E-state index in [9.17, 15) is 23.2 Å². The van der Waals surface area contributed by atoms with Crippen molar-refractivity contribution in [3.05, 3.63) is 65.2 Å². The molecule has 0 aliphatic rings. The van der Waals surface area contributed by atoms with Crippen molar-refractivity contribution in [3.63, 3.8) is 0 Å². The molecule has 2 amide bonds. The van der Waals surface area contributed by atoms with Crippen LogP contribution < -0.4 is 15.4 Å². The Hall–Kier alpha value is -3.49. The van der Waals surface area contributed by atoms with Crippen LogP contribution in [0.5, 0.6) is 5.75 Å². The van der Waals surface area contributed by atoms with Crippen molar-refractivity contribution in [2.75, 3.05) is 14.2 Å². The molecule has 0 aliphatic heterocycles. The molecule has 0 radical (unpaired) electrons. The van der Waals surface area contributed by atoms with Gasteiger partial charge in [-0.3, -0.25) is 9.59 Å². The Kier molecular flexibility index (Phi) is 7.85. The third-order valence-electron chi connectivity index (χ3n) is 4.21. The Morgan fingerprint density at radius 2 is 1.67 bits per heavy atom. The van der Waals surface area contributed by atoms with Gasteiger partial charge in [-0.05, 0) is 42.3 Å². The van der Waals surface area contributed by atoms with E-state index in [0.717, 1.165) is 12.1 Å². The van der Waals surface area contributed by atoms with Gasteiger partial charge in [0.1, 0.15) is 23.4 Å². The third-order valence-corrected chi connectivity index (χ3v) is 4.21. The molecule has 0 aromatic heterocycles. The summed E-state index contributed by atoms with van der Waals surface area (Å²) >= 11 is 0. The first-order valence-electron chi connectivity index (χ1n) is 9.00. The first-order chi connectivity index (χ1) is 14.2. The van der Waals surface area contributed by atoms with Crippen molar-refractivity contribution < 1.29 is 32.6 Å². The minimum absolute atomic E-state index is 0.126. The van der Waals surface area contributed by atoms with Crippen LogP contribution >= 0.6 is 0 Å². The molecule has 2 N–H and O–H groups in total. The van der Waals surface area contributed by atoms with Gasteiger partial charge in [-0.1, -0.05) is 12.1 Å². The Morgan fingerprint density at radius 1 is 1.00 bits per heavy atom. The molecule has 2 aromatic carbocycles. The maximum absolute atomic E-state index is 13.2. The van der Waals surface area contributed by atoms with Gasteiger partial charge in [0.2, 0.25) is 11.8 Å². The maximum atomic E-state index is 13.2. The monoisotopic (exact) mass is 420 g/mol. The van der Waals surface area contributed by atoms with Gasteiger partial charge in [-0.15, -0.1) is 0 Å². The number of halogens is 2. The average Bonchev–Trinajstić information content (AvgIpc) is 2.70. The van der Waals surface area contributed by atoms with Gasteiger partial charge in [-0.25, -0.2) is 13.6 Å². The largest absolute Gasteiger partial charge is 0.497 e. The summed E-state index contributed by atoms with van der Waals surface area (Å²) in [7, 11) is 2.65. The third kappa shape index (κ3) is 6.26. The van der Waals surface area contributed by atoms with Crippen molar-refractivity contribution in [3.8, 4) is 5.75 Å². The average molecular weight is 420 g/mol. The molecule has 0 bridgehead atoms. The van der Waals surface area contributed by atoms with Crippen molar-refractivity contribution in [2.45, 2.75) is 25.4 Å². The highest BCUT2D eigenvalue weighted by atomic mass is 19.1. The van der Waals surface area contributed by atoms with Crippen molar-refractivity contribution in [2.24, 2.45) is 0 Å². The number of carbonyl (C=O) groups excluding carboxylic acids is 3. The molecule has 0 spiro atoms. The second-order valence-electron chi connectivity index (χ2n) is 6.49. The number of methoxy groups -OCH3 is 2. The lowest BCUT2D eigenvalue weighted by Gasteiger charge is -2.20. The number of amides is 2. The van der Waals surface area contributed by atoms with Crippen LogP contribution in [0.15, 0.2) is 42.5 Å². The zero-order valence-corrected chi connectivity index (χ0v) is 16.7. The van der Waals surface area contributed by atoms with Crippen LogP contribution in [-0.4, -0.2) is 38.0 Å². The quantitative estimate of drug-likeness (QED) is 0.638. The van der Waals surface area contributed by atoms with E-state index >= 15 is 0 Å². The molecule has 2 aromatic rings. The molecule has 30 heavy (non-hydrogen) atoms. The van der Waals surface area contributed by atoms with Crippen LogP contribution in [-0.2, 0) is 25.5 Å². The van der Waals surface area contributed by atoms with Gasteiger partial charge in [0, 0.05) is 6.07 Å². The highest BCUT2D eigenvalue weighted by Gasteiger charge is 2.27. The molecule has 0 saturated heterocycles. The Labute approximate surface area is 172 Å². The molecule has 2 rings (SSSR count). The summed E-state index contributed by atoms with van der Waals surface area (Å²) < 4.78 is 36.4. The van der Waals surface area contributed by atoms with Gasteiger partial charge < -0.3 is 20.1 Å². The molecule has 9 heteroatoms. The van der Waals surface area contributed by atoms with Crippen molar-refractivity contribution in [1.29, 1.82) is 0 Å². The van der Waals surface area contributed by atoms with Crippen LogP contribution in [0.25, 0.3) is 0 Å². The van der Waals surface area contributed by atoms with E-state index in [0.29, 0.717) is 17.4 Å². The number of benzene rings is 2. The van der Waals surface area contributed by atoms with E-state index in [1.165, 1.54) is 21.1 Å². The first-order valence-corrected chi connectivity index (χ1v) is 9.00. The second-order valence-corrected chi connectivity index (χ2v) is 6.49. The van der Waals surface area contributed by atoms with Gasteiger partial charge in [-0.2, -0.15) is 0 Å². The van der Waals surface area contributed by atoms with Crippen LogP contribution in [0, 0.1) is 11.6 Å². The highest BCUT2D eigenvalue weighted by Crippen LogP contribution is 2.20. The van der Waals surface area contributed by atoms with E-state index < -0.39 is 41.5 Å². The topological polar surface area (TPSA) is 93.7 Å². The Bertz CT molecular complexity index is 915. The molecule has 0 aliphatic carbocycles. The molecule has 7 nitrogen and oxygen atoms in total. The number of esters is 1. The number of ether oxygens (including phenoxy) is 2. The second kappa shape index (κ2) is 10.3. The van der Waals surface area contributed by atoms with Gasteiger partial charge in [0.15, 0.2) is 6.04 Å². The summed E-state index contributed by atoms with van der Waals surface area (Å²) in [4.78, 5) is 36.8. The Balaban J connectivity index is 2.05. The molecule has 0 heterocycles. The SMILES string of the molecule is COC(=O)C(NC(=O)[C@H](C)NC(=O)Cc1cc(F)cc(F)c1)c1cccc(OC)c1. The minimum atomic E-state index is -1.12. The van der Waals surface area contributed by atoms with E-state index in [4.69, 9.17) is 9.47 Å². The molecule has 0 fully saturated rings.